The highest BCUT2D eigenvalue weighted by molar-refractivity contribution is 6.05. The number of alkyl halides is 3. The van der Waals surface area contributed by atoms with Crippen LogP contribution >= 0.6 is 0 Å². The summed E-state index contributed by atoms with van der Waals surface area (Å²) < 4.78 is 40.0. The molecule has 2 aromatic carbocycles. The van der Waals surface area contributed by atoms with Crippen molar-refractivity contribution in [3.8, 4) is 5.69 Å². The van der Waals surface area contributed by atoms with E-state index in [2.05, 4.69) is 10.4 Å². The van der Waals surface area contributed by atoms with Crippen molar-refractivity contribution >= 4 is 11.6 Å². The Balaban J connectivity index is 1.91. The molecule has 0 aliphatic carbocycles. The van der Waals surface area contributed by atoms with E-state index in [-0.39, 0.29) is 11.6 Å². The predicted octanol–water partition coefficient (Wildman–Crippen LogP) is 4.76. The second kappa shape index (κ2) is 6.67. The molecule has 3 rings (SSSR count). The van der Waals surface area contributed by atoms with E-state index in [4.69, 9.17) is 0 Å². The molecule has 4 nitrogen and oxygen atoms in total. The minimum absolute atomic E-state index is 0.243. The van der Waals surface area contributed by atoms with E-state index in [1.165, 1.54) is 23.0 Å². The summed E-state index contributed by atoms with van der Waals surface area (Å²) >= 11 is 0. The number of anilines is 1. The summed E-state index contributed by atoms with van der Waals surface area (Å²) in [6, 6.07) is 12.1. The molecule has 0 saturated heterocycles. The molecule has 1 N–H and O–H groups in total. The number of nitrogens with zero attached hydrogens (tertiary/aromatic N) is 2. The molecule has 134 valence electrons. The van der Waals surface area contributed by atoms with E-state index in [9.17, 15) is 18.0 Å². The molecule has 0 aliphatic rings. The van der Waals surface area contributed by atoms with Crippen LogP contribution in [0.4, 0.5) is 18.9 Å². The van der Waals surface area contributed by atoms with E-state index in [0.29, 0.717) is 16.9 Å². The molecule has 0 atom stereocenters. The fourth-order valence-electron chi connectivity index (χ4n) is 2.61. The van der Waals surface area contributed by atoms with E-state index in [1.54, 1.807) is 13.0 Å². The summed E-state index contributed by atoms with van der Waals surface area (Å²) in [6.07, 6.45) is -3.09. The van der Waals surface area contributed by atoms with E-state index in [1.807, 2.05) is 25.1 Å². The van der Waals surface area contributed by atoms with Gasteiger partial charge in [-0.15, -0.1) is 0 Å². The lowest BCUT2D eigenvalue weighted by Gasteiger charge is -2.11. The minimum atomic E-state index is -4.44. The summed E-state index contributed by atoms with van der Waals surface area (Å²) in [5.41, 5.74) is 1.80. The third kappa shape index (κ3) is 3.46. The zero-order valence-electron chi connectivity index (χ0n) is 14.1. The summed E-state index contributed by atoms with van der Waals surface area (Å²) in [7, 11) is 0. The van der Waals surface area contributed by atoms with Gasteiger partial charge in [0.25, 0.3) is 5.91 Å². The quantitative estimate of drug-likeness (QED) is 0.733. The van der Waals surface area contributed by atoms with Crippen molar-refractivity contribution in [2.45, 2.75) is 20.0 Å². The molecule has 0 aliphatic heterocycles. The molecule has 0 bridgehead atoms. The summed E-state index contributed by atoms with van der Waals surface area (Å²) in [6.45, 7) is 3.51. The lowest BCUT2D eigenvalue weighted by atomic mass is 10.1. The highest BCUT2D eigenvalue weighted by Crippen LogP contribution is 2.30. The smallest absolute Gasteiger partial charge is 0.322 e. The van der Waals surface area contributed by atoms with Gasteiger partial charge in [0.2, 0.25) is 0 Å². The molecule has 1 heterocycles. The monoisotopic (exact) mass is 359 g/mol. The number of halogens is 3. The van der Waals surface area contributed by atoms with Gasteiger partial charge in [-0.1, -0.05) is 24.3 Å². The molecule has 0 radical (unpaired) electrons. The SMILES string of the molecule is Cc1ccccc1NC(=O)c1cnn(-c2cccc(C(F)(F)F)c2)c1C. The van der Waals surface area contributed by atoms with Gasteiger partial charge in [0.05, 0.1) is 28.7 Å². The Morgan fingerprint density at radius 2 is 1.81 bits per heavy atom. The first-order valence-corrected chi connectivity index (χ1v) is 7.86. The van der Waals surface area contributed by atoms with E-state index in [0.717, 1.165) is 17.7 Å². The highest BCUT2D eigenvalue weighted by atomic mass is 19.4. The number of aromatic nitrogens is 2. The maximum atomic E-state index is 12.9. The second-order valence-corrected chi connectivity index (χ2v) is 5.87. The zero-order valence-corrected chi connectivity index (χ0v) is 14.1. The summed E-state index contributed by atoms with van der Waals surface area (Å²) in [4.78, 5) is 12.5. The summed E-state index contributed by atoms with van der Waals surface area (Å²) in [5.74, 6) is -0.366. The number of hydrogen-bond acceptors (Lipinski definition) is 2. The first kappa shape index (κ1) is 17.7. The van der Waals surface area contributed by atoms with Gasteiger partial charge in [0.1, 0.15) is 0 Å². The van der Waals surface area contributed by atoms with Crippen molar-refractivity contribution < 1.29 is 18.0 Å². The molecule has 1 amide bonds. The number of rotatable bonds is 3. The van der Waals surface area contributed by atoms with Gasteiger partial charge in [-0.25, -0.2) is 4.68 Å². The fraction of sp³-hybridized carbons (Fsp3) is 0.158. The predicted molar refractivity (Wildman–Crippen MR) is 92.4 cm³/mol. The molecule has 3 aromatic rings. The zero-order chi connectivity index (χ0) is 18.9. The molecule has 26 heavy (non-hydrogen) atoms. The lowest BCUT2D eigenvalue weighted by molar-refractivity contribution is -0.137. The standard InChI is InChI=1S/C19H16F3N3O/c1-12-6-3-4-9-17(12)24-18(26)16-11-23-25(13(16)2)15-8-5-7-14(10-15)19(20,21)22/h3-11H,1-2H3,(H,24,26). The van der Waals surface area contributed by atoms with Gasteiger partial charge in [-0.05, 0) is 43.7 Å². The molecular formula is C19H16F3N3O. The molecule has 0 spiro atoms. The van der Waals surface area contributed by atoms with Crippen LogP contribution in [0.5, 0.6) is 0 Å². The number of nitrogens with one attached hydrogen (secondary N) is 1. The number of para-hydroxylation sites is 1. The molecule has 0 fully saturated rings. The van der Waals surface area contributed by atoms with Gasteiger partial charge >= 0.3 is 6.18 Å². The average molecular weight is 359 g/mol. The molecule has 0 saturated carbocycles. The maximum Gasteiger partial charge on any atom is 0.416 e. The van der Waals surface area contributed by atoms with Crippen LogP contribution < -0.4 is 5.32 Å². The fourth-order valence-corrected chi connectivity index (χ4v) is 2.61. The third-order valence-electron chi connectivity index (χ3n) is 4.07. The Morgan fingerprint density at radius 1 is 1.08 bits per heavy atom. The summed E-state index contributed by atoms with van der Waals surface area (Å²) in [5, 5.41) is 6.88. The Bertz CT molecular complexity index is 961. The van der Waals surface area contributed by atoms with Crippen molar-refractivity contribution in [2.24, 2.45) is 0 Å². The van der Waals surface area contributed by atoms with Gasteiger partial charge < -0.3 is 5.32 Å². The normalized spacial score (nSPS) is 11.4. The Labute approximate surface area is 148 Å². The van der Waals surface area contributed by atoms with Crippen LogP contribution in [0.2, 0.25) is 0 Å². The number of benzene rings is 2. The number of amides is 1. The lowest BCUT2D eigenvalue weighted by Crippen LogP contribution is -2.14. The average Bonchev–Trinajstić information content (AvgIpc) is 2.98. The highest BCUT2D eigenvalue weighted by Gasteiger charge is 2.30. The van der Waals surface area contributed by atoms with Crippen LogP contribution in [0.25, 0.3) is 5.69 Å². The Hall–Kier alpha value is -3.09. The van der Waals surface area contributed by atoms with Crippen molar-refractivity contribution in [1.82, 2.24) is 9.78 Å². The molecule has 7 heteroatoms. The van der Waals surface area contributed by atoms with Crippen molar-refractivity contribution in [1.29, 1.82) is 0 Å². The first-order chi connectivity index (χ1) is 12.3. The van der Waals surface area contributed by atoms with Crippen LogP contribution in [0, 0.1) is 13.8 Å². The third-order valence-corrected chi connectivity index (χ3v) is 4.07. The molecule has 1 aromatic heterocycles. The van der Waals surface area contributed by atoms with Crippen molar-refractivity contribution in [2.75, 3.05) is 5.32 Å². The number of aryl methyl sites for hydroxylation is 1. The van der Waals surface area contributed by atoms with E-state index >= 15 is 0 Å². The van der Waals surface area contributed by atoms with Crippen LogP contribution in [0.15, 0.2) is 54.7 Å². The first-order valence-electron chi connectivity index (χ1n) is 7.86. The molecular weight excluding hydrogens is 343 g/mol. The van der Waals surface area contributed by atoms with Crippen molar-refractivity contribution in [3.63, 3.8) is 0 Å². The van der Waals surface area contributed by atoms with Crippen LogP contribution in [0.1, 0.15) is 27.2 Å². The topological polar surface area (TPSA) is 46.9 Å². The minimum Gasteiger partial charge on any atom is -0.322 e. The van der Waals surface area contributed by atoms with Crippen molar-refractivity contribution in [3.05, 3.63) is 77.1 Å². The largest absolute Gasteiger partial charge is 0.416 e. The number of carbonyl (C=O) groups is 1. The van der Waals surface area contributed by atoms with Crippen LogP contribution in [-0.4, -0.2) is 15.7 Å². The van der Waals surface area contributed by atoms with E-state index < -0.39 is 11.7 Å². The van der Waals surface area contributed by atoms with Crippen LogP contribution in [-0.2, 0) is 6.18 Å². The van der Waals surface area contributed by atoms with Gasteiger partial charge in [-0.3, -0.25) is 4.79 Å². The Kier molecular flexibility index (Phi) is 4.54. The van der Waals surface area contributed by atoms with Crippen LogP contribution in [0.3, 0.4) is 0 Å². The molecule has 0 unspecified atom stereocenters. The number of hydrogen-bond donors (Lipinski definition) is 1. The second-order valence-electron chi connectivity index (χ2n) is 5.87. The van der Waals surface area contributed by atoms with Gasteiger partial charge in [-0.2, -0.15) is 18.3 Å². The number of carbonyl (C=O) groups excluding carboxylic acids is 1. The maximum absolute atomic E-state index is 12.9. The van der Waals surface area contributed by atoms with Gasteiger partial charge in [0.15, 0.2) is 0 Å². The van der Waals surface area contributed by atoms with Gasteiger partial charge in [0, 0.05) is 5.69 Å². The Morgan fingerprint density at radius 3 is 2.50 bits per heavy atom.